The summed E-state index contributed by atoms with van der Waals surface area (Å²) in [5.74, 6) is 0. The highest BCUT2D eigenvalue weighted by Gasteiger charge is 2.06. The minimum absolute atomic E-state index is 0.747. The van der Waals surface area contributed by atoms with Crippen LogP contribution in [0.3, 0.4) is 0 Å². The number of hydrogen-bond acceptors (Lipinski definition) is 2. The lowest BCUT2D eigenvalue weighted by atomic mass is 10.2. The second-order valence-corrected chi connectivity index (χ2v) is 5.66. The molecule has 0 spiro atoms. The van der Waals surface area contributed by atoms with Crippen LogP contribution in [0.2, 0.25) is 0 Å². The van der Waals surface area contributed by atoms with Crippen LogP contribution >= 0.6 is 31.9 Å². The Bertz CT molecular complexity index is 511. The Balaban J connectivity index is 2.17. The fourth-order valence-corrected chi connectivity index (χ4v) is 3.30. The van der Waals surface area contributed by atoms with Crippen LogP contribution in [0.4, 0.5) is 5.69 Å². The van der Waals surface area contributed by atoms with Crippen molar-refractivity contribution in [2.75, 3.05) is 5.32 Å². The van der Waals surface area contributed by atoms with Gasteiger partial charge >= 0.3 is 0 Å². The number of hydrogen-bond donors (Lipinski definition) is 1. The van der Waals surface area contributed by atoms with E-state index in [0.717, 1.165) is 26.9 Å². The number of halogens is 2. The number of anilines is 1. The summed E-state index contributed by atoms with van der Waals surface area (Å²) >= 11 is 7.13. The molecule has 0 saturated carbocycles. The molecule has 17 heavy (non-hydrogen) atoms. The third-order valence-corrected chi connectivity index (χ3v) is 3.80. The van der Waals surface area contributed by atoms with Crippen molar-refractivity contribution < 1.29 is 0 Å². The second-order valence-electron chi connectivity index (χ2n) is 3.95. The quantitative estimate of drug-likeness (QED) is 0.902. The van der Waals surface area contributed by atoms with E-state index in [1.165, 1.54) is 5.56 Å². The van der Waals surface area contributed by atoms with Gasteiger partial charge < -0.3 is 9.88 Å². The lowest BCUT2D eigenvalue weighted by Gasteiger charge is -2.12. The van der Waals surface area contributed by atoms with E-state index in [1.807, 2.05) is 17.8 Å². The molecule has 0 radical (unpaired) electrons. The number of imidazole rings is 1. The van der Waals surface area contributed by atoms with E-state index in [2.05, 4.69) is 61.2 Å². The molecule has 5 heteroatoms. The van der Waals surface area contributed by atoms with Crippen LogP contribution in [0.15, 0.2) is 33.6 Å². The van der Waals surface area contributed by atoms with Crippen molar-refractivity contribution in [1.29, 1.82) is 0 Å². The topological polar surface area (TPSA) is 29.9 Å². The molecule has 3 nitrogen and oxygen atoms in total. The SMILES string of the molecule is Cc1cc(Br)c(NCc2cncn2C)c(Br)c1. The molecule has 0 fully saturated rings. The van der Waals surface area contributed by atoms with Crippen LogP contribution in [0.1, 0.15) is 11.3 Å². The van der Waals surface area contributed by atoms with Crippen LogP contribution in [0.5, 0.6) is 0 Å². The number of aryl methyl sites for hydroxylation is 2. The van der Waals surface area contributed by atoms with Gasteiger partial charge in [0.15, 0.2) is 0 Å². The Labute approximate surface area is 118 Å². The summed E-state index contributed by atoms with van der Waals surface area (Å²) < 4.78 is 4.13. The summed E-state index contributed by atoms with van der Waals surface area (Å²) in [5.41, 5.74) is 3.43. The first-order chi connectivity index (χ1) is 8.08. The minimum Gasteiger partial charge on any atom is -0.378 e. The zero-order chi connectivity index (χ0) is 12.4. The molecule has 0 aliphatic heterocycles. The van der Waals surface area contributed by atoms with Crippen molar-refractivity contribution in [3.63, 3.8) is 0 Å². The number of benzene rings is 1. The van der Waals surface area contributed by atoms with Crippen molar-refractivity contribution >= 4 is 37.5 Å². The van der Waals surface area contributed by atoms with Crippen molar-refractivity contribution in [2.24, 2.45) is 7.05 Å². The van der Waals surface area contributed by atoms with Gasteiger partial charge in [0.05, 0.1) is 24.3 Å². The molecule has 2 aromatic rings. The molecular formula is C12H13Br2N3. The average molecular weight is 359 g/mol. The molecule has 1 heterocycles. The van der Waals surface area contributed by atoms with Gasteiger partial charge in [-0.25, -0.2) is 4.98 Å². The van der Waals surface area contributed by atoms with Crippen molar-refractivity contribution in [2.45, 2.75) is 13.5 Å². The van der Waals surface area contributed by atoms with E-state index in [1.54, 1.807) is 6.33 Å². The summed E-state index contributed by atoms with van der Waals surface area (Å²) in [6.45, 7) is 2.82. The summed E-state index contributed by atoms with van der Waals surface area (Å²) in [6.07, 6.45) is 3.67. The van der Waals surface area contributed by atoms with Crippen molar-refractivity contribution in [3.05, 3.63) is 44.9 Å². The third-order valence-electron chi connectivity index (χ3n) is 2.55. The van der Waals surface area contributed by atoms with E-state index in [9.17, 15) is 0 Å². The largest absolute Gasteiger partial charge is 0.378 e. The Morgan fingerprint density at radius 3 is 2.47 bits per heavy atom. The minimum atomic E-state index is 0.747. The highest BCUT2D eigenvalue weighted by atomic mass is 79.9. The summed E-state index contributed by atoms with van der Waals surface area (Å²) in [5, 5.41) is 3.40. The van der Waals surface area contributed by atoms with Crippen LogP contribution in [0, 0.1) is 6.92 Å². The standard InChI is InChI=1S/C12H13Br2N3/c1-8-3-10(13)12(11(14)4-8)16-6-9-5-15-7-17(9)2/h3-5,7,16H,6H2,1-2H3. The number of aromatic nitrogens is 2. The summed E-state index contributed by atoms with van der Waals surface area (Å²) in [7, 11) is 1.99. The van der Waals surface area contributed by atoms with Crippen LogP contribution in [-0.4, -0.2) is 9.55 Å². The summed E-state index contributed by atoms with van der Waals surface area (Å²) in [4.78, 5) is 4.09. The normalized spacial score (nSPS) is 10.6. The highest BCUT2D eigenvalue weighted by molar-refractivity contribution is 9.11. The zero-order valence-electron chi connectivity index (χ0n) is 9.67. The van der Waals surface area contributed by atoms with Gasteiger partial charge in [0.1, 0.15) is 0 Å². The molecule has 1 N–H and O–H groups in total. The van der Waals surface area contributed by atoms with Crippen molar-refractivity contribution in [1.82, 2.24) is 9.55 Å². The monoisotopic (exact) mass is 357 g/mol. The molecule has 0 unspecified atom stereocenters. The first kappa shape index (κ1) is 12.6. The van der Waals surface area contributed by atoms with E-state index in [0.29, 0.717) is 0 Å². The van der Waals surface area contributed by atoms with Crippen LogP contribution < -0.4 is 5.32 Å². The lowest BCUT2D eigenvalue weighted by molar-refractivity contribution is 0.837. The lowest BCUT2D eigenvalue weighted by Crippen LogP contribution is -2.05. The van der Waals surface area contributed by atoms with Gasteiger partial charge in [-0.05, 0) is 56.5 Å². The molecule has 0 bridgehead atoms. The Kier molecular flexibility index (Phi) is 3.89. The van der Waals surface area contributed by atoms with Crippen LogP contribution in [-0.2, 0) is 13.6 Å². The van der Waals surface area contributed by atoms with E-state index in [4.69, 9.17) is 0 Å². The fourth-order valence-electron chi connectivity index (χ4n) is 1.60. The fraction of sp³-hybridized carbons (Fsp3) is 0.250. The molecule has 0 amide bonds. The molecule has 2 rings (SSSR count). The van der Waals surface area contributed by atoms with E-state index < -0.39 is 0 Å². The van der Waals surface area contributed by atoms with Gasteiger partial charge in [-0.2, -0.15) is 0 Å². The van der Waals surface area contributed by atoms with Gasteiger partial charge in [-0.15, -0.1) is 0 Å². The maximum Gasteiger partial charge on any atom is 0.0946 e. The van der Waals surface area contributed by atoms with Gasteiger partial charge in [0, 0.05) is 22.2 Å². The highest BCUT2D eigenvalue weighted by Crippen LogP contribution is 2.32. The van der Waals surface area contributed by atoms with Gasteiger partial charge in [-0.1, -0.05) is 0 Å². The predicted octanol–water partition coefficient (Wildman–Crippen LogP) is 3.87. The molecule has 0 saturated heterocycles. The first-order valence-corrected chi connectivity index (χ1v) is 6.81. The maximum absolute atomic E-state index is 4.09. The van der Waals surface area contributed by atoms with Gasteiger partial charge in [0.2, 0.25) is 0 Å². The predicted molar refractivity (Wildman–Crippen MR) is 77.1 cm³/mol. The first-order valence-electron chi connectivity index (χ1n) is 5.22. The zero-order valence-corrected chi connectivity index (χ0v) is 12.8. The Morgan fingerprint density at radius 2 is 1.94 bits per heavy atom. The molecular weight excluding hydrogens is 346 g/mol. The number of rotatable bonds is 3. The maximum atomic E-state index is 4.09. The van der Waals surface area contributed by atoms with Crippen LogP contribution in [0.25, 0.3) is 0 Å². The van der Waals surface area contributed by atoms with Gasteiger partial charge in [0.25, 0.3) is 0 Å². The smallest absolute Gasteiger partial charge is 0.0946 e. The van der Waals surface area contributed by atoms with E-state index >= 15 is 0 Å². The van der Waals surface area contributed by atoms with Crippen molar-refractivity contribution in [3.8, 4) is 0 Å². The molecule has 90 valence electrons. The van der Waals surface area contributed by atoms with Gasteiger partial charge in [-0.3, -0.25) is 0 Å². The third kappa shape index (κ3) is 2.90. The molecule has 0 atom stereocenters. The second kappa shape index (κ2) is 5.23. The number of nitrogens with zero attached hydrogens (tertiary/aromatic N) is 2. The number of nitrogens with one attached hydrogen (secondary N) is 1. The average Bonchev–Trinajstić information content (AvgIpc) is 2.62. The molecule has 1 aromatic heterocycles. The summed E-state index contributed by atoms with van der Waals surface area (Å²) in [6, 6.07) is 4.19. The Morgan fingerprint density at radius 1 is 1.29 bits per heavy atom. The Hall–Kier alpha value is -0.810. The molecule has 0 aliphatic carbocycles. The molecule has 0 aliphatic rings. The molecule has 1 aromatic carbocycles. The van der Waals surface area contributed by atoms with E-state index in [-0.39, 0.29) is 0 Å².